The van der Waals surface area contributed by atoms with Gasteiger partial charge in [0.1, 0.15) is 12.3 Å². The Morgan fingerprint density at radius 3 is 2.81 bits per heavy atom. The summed E-state index contributed by atoms with van der Waals surface area (Å²) in [4.78, 5) is 37.0. The van der Waals surface area contributed by atoms with Crippen molar-refractivity contribution in [1.82, 2.24) is 0 Å². The maximum Gasteiger partial charge on any atom is 0.335 e. The second-order valence-electron chi connectivity index (χ2n) is 5.72. The summed E-state index contributed by atoms with van der Waals surface area (Å²) in [5.41, 5.74) is 1.50. The molecule has 0 spiro atoms. The van der Waals surface area contributed by atoms with Crippen LogP contribution in [-0.4, -0.2) is 36.0 Å². The highest BCUT2D eigenvalue weighted by atomic mass is 35.5. The number of nitrogens with one attached hydrogen (secondary N) is 1. The fourth-order valence-corrected chi connectivity index (χ4v) is 2.76. The van der Waals surface area contributed by atoms with Crippen molar-refractivity contribution < 1.29 is 24.2 Å². The Bertz CT molecular complexity index is 912. The van der Waals surface area contributed by atoms with Gasteiger partial charge in [-0.25, -0.2) is 4.79 Å². The molecule has 0 aromatic heterocycles. The van der Waals surface area contributed by atoms with Crippen molar-refractivity contribution in [3.05, 3.63) is 52.5 Å². The van der Waals surface area contributed by atoms with E-state index in [1.807, 2.05) is 0 Å². The average Bonchev–Trinajstić information content (AvgIpc) is 2.61. The number of halogens is 1. The highest BCUT2D eigenvalue weighted by Crippen LogP contribution is 2.33. The van der Waals surface area contributed by atoms with E-state index in [0.29, 0.717) is 22.0 Å². The van der Waals surface area contributed by atoms with E-state index < -0.39 is 17.8 Å². The van der Waals surface area contributed by atoms with Crippen molar-refractivity contribution in [2.24, 2.45) is 0 Å². The third-order valence-corrected chi connectivity index (χ3v) is 4.40. The molecule has 0 fully saturated rings. The smallest absolute Gasteiger partial charge is 0.335 e. The van der Waals surface area contributed by atoms with Crippen LogP contribution in [0.1, 0.15) is 15.9 Å². The SMILES string of the molecule is Cc1c(Cl)cccc1NC(=O)CN1C(=O)COc2ccc(C(=O)O)cc21. The largest absolute Gasteiger partial charge is 0.482 e. The first-order valence-corrected chi connectivity index (χ1v) is 8.10. The lowest BCUT2D eigenvalue weighted by molar-refractivity contribution is -0.123. The number of hydrogen-bond acceptors (Lipinski definition) is 4. The van der Waals surface area contributed by atoms with Crippen molar-refractivity contribution in [1.29, 1.82) is 0 Å². The van der Waals surface area contributed by atoms with Crippen molar-refractivity contribution >= 4 is 40.8 Å². The van der Waals surface area contributed by atoms with E-state index in [1.54, 1.807) is 25.1 Å². The van der Waals surface area contributed by atoms with Gasteiger partial charge in [-0.15, -0.1) is 0 Å². The van der Waals surface area contributed by atoms with Crippen LogP contribution in [0.3, 0.4) is 0 Å². The van der Waals surface area contributed by atoms with Crippen molar-refractivity contribution in [3.63, 3.8) is 0 Å². The van der Waals surface area contributed by atoms with E-state index in [2.05, 4.69) is 5.32 Å². The number of aromatic carboxylic acids is 1. The molecule has 1 heterocycles. The van der Waals surface area contributed by atoms with Crippen LogP contribution in [0, 0.1) is 6.92 Å². The molecule has 0 saturated carbocycles. The average molecular weight is 375 g/mol. The van der Waals surface area contributed by atoms with Crippen LogP contribution in [0.2, 0.25) is 5.02 Å². The van der Waals surface area contributed by atoms with E-state index in [1.165, 1.54) is 23.1 Å². The van der Waals surface area contributed by atoms with Crippen LogP contribution in [0.15, 0.2) is 36.4 Å². The molecule has 0 unspecified atom stereocenters. The number of benzene rings is 2. The summed E-state index contributed by atoms with van der Waals surface area (Å²) in [6, 6.07) is 9.28. The van der Waals surface area contributed by atoms with Gasteiger partial charge in [0.05, 0.1) is 11.3 Å². The minimum absolute atomic E-state index is 0.00172. The van der Waals surface area contributed by atoms with E-state index in [9.17, 15) is 14.4 Å². The van der Waals surface area contributed by atoms with Crippen LogP contribution < -0.4 is 15.0 Å². The molecular weight excluding hydrogens is 360 g/mol. The van der Waals surface area contributed by atoms with Gasteiger partial charge in [0.2, 0.25) is 5.91 Å². The van der Waals surface area contributed by atoms with Gasteiger partial charge in [-0.2, -0.15) is 0 Å². The zero-order chi connectivity index (χ0) is 18.8. The van der Waals surface area contributed by atoms with Crippen LogP contribution in [0.4, 0.5) is 11.4 Å². The lowest BCUT2D eigenvalue weighted by Gasteiger charge is -2.29. The fourth-order valence-electron chi connectivity index (χ4n) is 2.58. The maximum absolute atomic E-state index is 12.4. The Kier molecular flexibility index (Phi) is 4.81. The Hall–Kier alpha value is -3.06. The van der Waals surface area contributed by atoms with Gasteiger partial charge in [0.25, 0.3) is 5.91 Å². The molecule has 2 aromatic carbocycles. The molecule has 2 N–H and O–H groups in total. The number of anilines is 2. The zero-order valence-electron chi connectivity index (χ0n) is 13.8. The lowest BCUT2D eigenvalue weighted by Crippen LogP contribution is -2.43. The molecule has 0 bridgehead atoms. The predicted octanol–water partition coefficient (Wildman–Crippen LogP) is 2.71. The summed E-state index contributed by atoms with van der Waals surface area (Å²) in [6.07, 6.45) is 0. The molecule has 0 radical (unpaired) electrons. The fraction of sp³-hybridized carbons (Fsp3) is 0.167. The summed E-state index contributed by atoms with van der Waals surface area (Å²) in [6.45, 7) is 1.28. The standard InChI is InChI=1S/C18H15ClN2O5/c1-10-12(19)3-2-4-13(10)20-16(22)8-21-14-7-11(18(24)25)5-6-15(14)26-9-17(21)23/h2-7H,8-9H2,1H3,(H,20,22)(H,24,25). The summed E-state index contributed by atoms with van der Waals surface area (Å²) < 4.78 is 5.30. The van der Waals surface area contributed by atoms with Crippen molar-refractivity contribution in [2.75, 3.05) is 23.4 Å². The monoisotopic (exact) mass is 374 g/mol. The van der Waals surface area contributed by atoms with Gasteiger partial charge in [-0.05, 0) is 42.8 Å². The van der Waals surface area contributed by atoms with Crippen LogP contribution >= 0.6 is 11.6 Å². The minimum atomic E-state index is -1.13. The summed E-state index contributed by atoms with van der Waals surface area (Å²) in [7, 11) is 0. The molecule has 0 aliphatic carbocycles. The molecule has 3 rings (SSSR count). The molecule has 134 valence electrons. The quantitative estimate of drug-likeness (QED) is 0.857. The Morgan fingerprint density at radius 1 is 1.31 bits per heavy atom. The summed E-state index contributed by atoms with van der Waals surface area (Å²) >= 11 is 6.04. The Morgan fingerprint density at radius 2 is 2.08 bits per heavy atom. The van der Waals surface area contributed by atoms with E-state index in [4.69, 9.17) is 21.4 Å². The molecule has 2 aromatic rings. The number of carbonyl (C=O) groups excluding carboxylic acids is 2. The predicted molar refractivity (Wildman–Crippen MR) is 96.1 cm³/mol. The summed E-state index contributed by atoms with van der Waals surface area (Å²) in [5, 5.41) is 12.4. The van der Waals surface area contributed by atoms with Gasteiger partial charge in [-0.3, -0.25) is 14.5 Å². The van der Waals surface area contributed by atoms with Crippen LogP contribution in [0.5, 0.6) is 5.75 Å². The normalized spacial score (nSPS) is 13.0. The number of ether oxygens (including phenoxy) is 1. The van der Waals surface area contributed by atoms with Crippen molar-refractivity contribution in [2.45, 2.75) is 6.92 Å². The first kappa shape index (κ1) is 17.8. The first-order chi connectivity index (χ1) is 12.4. The number of fused-ring (bicyclic) bond motifs is 1. The zero-order valence-corrected chi connectivity index (χ0v) is 14.5. The van der Waals surface area contributed by atoms with E-state index >= 15 is 0 Å². The number of carbonyl (C=O) groups is 3. The molecule has 0 atom stereocenters. The van der Waals surface area contributed by atoms with Crippen molar-refractivity contribution in [3.8, 4) is 5.75 Å². The highest BCUT2D eigenvalue weighted by molar-refractivity contribution is 6.31. The second kappa shape index (κ2) is 7.05. The Balaban J connectivity index is 1.84. The van der Waals surface area contributed by atoms with E-state index in [0.717, 1.165) is 0 Å². The van der Waals surface area contributed by atoms with Gasteiger partial charge >= 0.3 is 5.97 Å². The van der Waals surface area contributed by atoms with Crippen LogP contribution in [0.25, 0.3) is 0 Å². The molecule has 0 saturated heterocycles. The van der Waals surface area contributed by atoms with Gasteiger partial charge < -0.3 is 15.2 Å². The van der Waals surface area contributed by atoms with Crippen LogP contribution in [-0.2, 0) is 9.59 Å². The van der Waals surface area contributed by atoms with Gasteiger partial charge in [0.15, 0.2) is 6.61 Å². The van der Waals surface area contributed by atoms with Gasteiger partial charge in [0, 0.05) is 10.7 Å². The number of amides is 2. The molecule has 2 amide bonds. The number of rotatable bonds is 4. The lowest BCUT2D eigenvalue weighted by atomic mass is 10.1. The number of hydrogen-bond donors (Lipinski definition) is 2. The highest BCUT2D eigenvalue weighted by Gasteiger charge is 2.28. The first-order valence-electron chi connectivity index (χ1n) is 7.72. The Labute approximate surface area is 154 Å². The molecule has 1 aliphatic rings. The minimum Gasteiger partial charge on any atom is -0.482 e. The number of nitrogens with zero attached hydrogens (tertiary/aromatic N) is 1. The molecule has 7 nitrogen and oxygen atoms in total. The third kappa shape index (κ3) is 3.48. The molecule has 26 heavy (non-hydrogen) atoms. The molecule has 1 aliphatic heterocycles. The summed E-state index contributed by atoms with van der Waals surface area (Å²) in [5.74, 6) is -1.65. The maximum atomic E-state index is 12.4. The third-order valence-electron chi connectivity index (χ3n) is 3.99. The molecular formula is C18H15ClN2O5. The topological polar surface area (TPSA) is 95.9 Å². The number of carboxylic acid groups (broad SMARTS) is 1. The number of carboxylic acids is 1. The second-order valence-corrected chi connectivity index (χ2v) is 6.12. The van der Waals surface area contributed by atoms with Gasteiger partial charge in [-0.1, -0.05) is 17.7 Å². The van der Waals surface area contributed by atoms with E-state index in [-0.39, 0.29) is 24.4 Å². The molecule has 8 heteroatoms.